The minimum Gasteiger partial charge on any atom is -0.295 e. The second-order valence-corrected chi connectivity index (χ2v) is 5.05. The van der Waals surface area contributed by atoms with E-state index in [0.717, 1.165) is 17.0 Å². The lowest BCUT2D eigenvalue weighted by molar-refractivity contribution is 0.637. The molecular weight excluding hydrogens is 271 g/mol. The highest BCUT2D eigenvalue weighted by atomic mass is 35.5. The standard InChI is InChI=1S/C13H10ClFN2S/c14-6-4-12-16-13-10(15)2-1-3-11(13)17(12)9-5-7-18-8-9/h1-3,5,7-8H,4,6H2. The Labute approximate surface area is 113 Å². The first-order valence-electron chi connectivity index (χ1n) is 5.55. The van der Waals surface area contributed by atoms with E-state index >= 15 is 0 Å². The molecule has 0 aliphatic carbocycles. The predicted octanol–water partition coefficient (Wildman–Crippen LogP) is 4.01. The number of imidazole rings is 1. The second kappa shape index (κ2) is 4.71. The van der Waals surface area contributed by atoms with Crippen molar-refractivity contribution in [1.82, 2.24) is 9.55 Å². The molecule has 1 aromatic carbocycles. The lowest BCUT2D eigenvalue weighted by Gasteiger charge is -2.05. The van der Waals surface area contributed by atoms with Gasteiger partial charge in [-0.25, -0.2) is 9.37 Å². The summed E-state index contributed by atoms with van der Waals surface area (Å²) in [5.74, 6) is 0.968. The Kier molecular flexibility index (Phi) is 3.06. The Balaban J connectivity index is 2.32. The number of hydrogen-bond acceptors (Lipinski definition) is 2. The van der Waals surface area contributed by atoms with Crippen LogP contribution < -0.4 is 0 Å². The van der Waals surface area contributed by atoms with E-state index in [-0.39, 0.29) is 5.82 Å². The zero-order valence-corrected chi connectivity index (χ0v) is 11.0. The molecule has 0 spiro atoms. The number of hydrogen-bond donors (Lipinski definition) is 0. The number of aromatic nitrogens is 2. The van der Waals surface area contributed by atoms with Crippen molar-refractivity contribution in [3.05, 3.63) is 46.7 Å². The molecule has 0 aliphatic rings. The van der Waals surface area contributed by atoms with Crippen LogP contribution >= 0.6 is 22.9 Å². The maximum Gasteiger partial charge on any atom is 0.151 e. The summed E-state index contributed by atoms with van der Waals surface area (Å²) in [6, 6.07) is 7.00. The molecule has 0 saturated carbocycles. The molecular formula is C13H10ClFN2S. The molecule has 2 aromatic heterocycles. The largest absolute Gasteiger partial charge is 0.295 e. The minimum absolute atomic E-state index is 0.294. The highest BCUT2D eigenvalue weighted by molar-refractivity contribution is 7.08. The van der Waals surface area contributed by atoms with Gasteiger partial charge in [0.2, 0.25) is 0 Å². The van der Waals surface area contributed by atoms with Gasteiger partial charge in [0.1, 0.15) is 11.3 Å². The second-order valence-electron chi connectivity index (χ2n) is 3.89. The third-order valence-corrected chi connectivity index (χ3v) is 3.65. The Morgan fingerprint density at radius 2 is 2.22 bits per heavy atom. The lowest BCUT2D eigenvalue weighted by atomic mass is 10.3. The van der Waals surface area contributed by atoms with Crippen LogP contribution in [0.1, 0.15) is 5.82 Å². The summed E-state index contributed by atoms with van der Waals surface area (Å²) in [6.45, 7) is 0. The molecule has 3 aromatic rings. The number of rotatable bonds is 3. The van der Waals surface area contributed by atoms with E-state index in [1.165, 1.54) is 6.07 Å². The van der Waals surface area contributed by atoms with E-state index in [4.69, 9.17) is 11.6 Å². The van der Waals surface area contributed by atoms with E-state index in [1.807, 2.05) is 27.5 Å². The van der Waals surface area contributed by atoms with Gasteiger partial charge < -0.3 is 0 Å². The molecule has 18 heavy (non-hydrogen) atoms. The van der Waals surface area contributed by atoms with Crippen molar-refractivity contribution in [1.29, 1.82) is 0 Å². The molecule has 0 fully saturated rings. The number of alkyl halides is 1. The Morgan fingerprint density at radius 1 is 1.33 bits per heavy atom. The molecule has 92 valence electrons. The Bertz CT molecular complexity index is 676. The van der Waals surface area contributed by atoms with Gasteiger partial charge in [0, 0.05) is 17.7 Å². The van der Waals surface area contributed by atoms with Crippen molar-refractivity contribution >= 4 is 34.0 Å². The molecule has 0 bridgehead atoms. The van der Waals surface area contributed by atoms with Crippen molar-refractivity contribution in [2.75, 3.05) is 5.88 Å². The molecule has 0 aliphatic heterocycles. The quantitative estimate of drug-likeness (QED) is 0.663. The molecule has 0 unspecified atom stereocenters. The van der Waals surface area contributed by atoms with E-state index < -0.39 is 0 Å². The van der Waals surface area contributed by atoms with Crippen molar-refractivity contribution in [3.8, 4) is 5.69 Å². The number of para-hydroxylation sites is 1. The number of nitrogens with zero attached hydrogens (tertiary/aromatic N) is 2. The number of benzene rings is 1. The van der Waals surface area contributed by atoms with Crippen LogP contribution in [0.5, 0.6) is 0 Å². The van der Waals surface area contributed by atoms with Gasteiger partial charge >= 0.3 is 0 Å². The van der Waals surface area contributed by atoms with Crippen LogP contribution in [0.25, 0.3) is 16.7 Å². The number of halogens is 2. The van der Waals surface area contributed by atoms with Crippen molar-refractivity contribution < 1.29 is 4.39 Å². The highest BCUT2D eigenvalue weighted by Gasteiger charge is 2.14. The normalized spacial score (nSPS) is 11.2. The van der Waals surface area contributed by atoms with Gasteiger partial charge in [-0.05, 0) is 23.6 Å². The topological polar surface area (TPSA) is 17.8 Å². The Morgan fingerprint density at radius 3 is 2.94 bits per heavy atom. The Hall–Kier alpha value is -1.39. The molecule has 2 heterocycles. The first-order chi connectivity index (χ1) is 8.81. The molecule has 0 radical (unpaired) electrons. The SMILES string of the molecule is Fc1cccc2c1nc(CCCl)n2-c1ccsc1. The van der Waals surface area contributed by atoms with Crippen LogP contribution in [0, 0.1) is 5.82 Å². The maximum absolute atomic E-state index is 13.8. The molecule has 0 atom stereocenters. The van der Waals surface area contributed by atoms with Gasteiger partial charge in [0.15, 0.2) is 5.82 Å². The summed E-state index contributed by atoms with van der Waals surface area (Å²) in [4.78, 5) is 4.37. The van der Waals surface area contributed by atoms with Gasteiger partial charge in [-0.3, -0.25) is 4.57 Å². The van der Waals surface area contributed by atoms with Crippen LogP contribution in [-0.2, 0) is 6.42 Å². The van der Waals surface area contributed by atoms with E-state index in [0.29, 0.717) is 17.8 Å². The van der Waals surface area contributed by atoms with Gasteiger partial charge in [0.05, 0.1) is 11.2 Å². The molecule has 2 nitrogen and oxygen atoms in total. The van der Waals surface area contributed by atoms with Crippen LogP contribution in [0.15, 0.2) is 35.0 Å². The van der Waals surface area contributed by atoms with Crippen molar-refractivity contribution in [2.45, 2.75) is 6.42 Å². The van der Waals surface area contributed by atoms with E-state index in [2.05, 4.69) is 4.98 Å². The fraction of sp³-hybridized carbons (Fsp3) is 0.154. The van der Waals surface area contributed by atoms with Crippen LogP contribution in [0.4, 0.5) is 4.39 Å². The van der Waals surface area contributed by atoms with Gasteiger partial charge in [-0.1, -0.05) is 6.07 Å². The maximum atomic E-state index is 13.8. The number of thiophene rings is 1. The van der Waals surface area contributed by atoms with E-state index in [9.17, 15) is 4.39 Å². The first-order valence-corrected chi connectivity index (χ1v) is 7.03. The molecule has 0 amide bonds. The van der Waals surface area contributed by atoms with Crippen molar-refractivity contribution in [2.24, 2.45) is 0 Å². The van der Waals surface area contributed by atoms with Crippen LogP contribution in [0.2, 0.25) is 0 Å². The smallest absolute Gasteiger partial charge is 0.151 e. The number of fused-ring (bicyclic) bond motifs is 1. The zero-order valence-electron chi connectivity index (χ0n) is 9.44. The van der Waals surface area contributed by atoms with Gasteiger partial charge in [-0.2, -0.15) is 11.3 Å². The summed E-state index contributed by atoms with van der Waals surface area (Å²) < 4.78 is 15.7. The summed E-state index contributed by atoms with van der Waals surface area (Å²) >= 11 is 7.39. The molecule has 0 saturated heterocycles. The summed E-state index contributed by atoms with van der Waals surface area (Å²) in [7, 11) is 0. The van der Waals surface area contributed by atoms with Crippen LogP contribution in [0.3, 0.4) is 0 Å². The molecule has 0 N–H and O–H groups in total. The third kappa shape index (κ3) is 1.82. The average molecular weight is 281 g/mol. The summed E-state index contributed by atoms with van der Waals surface area (Å²) in [5.41, 5.74) is 2.20. The highest BCUT2D eigenvalue weighted by Crippen LogP contribution is 2.25. The summed E-state index contributed by atoms with van der Waals surface area (Å²) in [5, 5.41) is 4.01. The molecule has 5 heteroatoms. The lowest BCUT2D eigenvalue weighted by Crippen LogP contribution is -2.00. The fourth-order valence-corrected chi connectivity index (χ4v) is 2.83. The first kappa shape index (κ1) is 11.7. The summed E-state index contributed by atoms with van der Waals surface area (Å²) in [6.07, 6.45) is 0.617. The average Bonchev–Trinajstić information content (AvgIpc) is 2.96. The monoisotopic (exact) mass is 280 g/mol. The zero-order chi connectivity index (χ0) is 12.5. The third-order valence-electron chi connectivity index (χ3n) is 2.79. The predicted molar refractivity (Wildman–Crippen MR) is 73.3 cm³/mol. The van der Waals surface area contributed by atoms with Crippen LogP contribution in [-0.4, -0.2) is 15.4 Å². The molecule has 3 rings (SSSR count). The fourth-order valence-electron chi connectivity index (χ4n) is 2.04. The van der Waals surface area contributed by atoms with Gasteiger partial charge in [-0.15, -0.1) is 11.6 Å². The van der Waals surface area contributed by atoms with Gasteiger partial charge in [0.25, 0.3) is 0 Å². The van der Waals surface area contributed by atoms with Crippen molar-refractivity contribution in [3.63, 3.8) is 0 Å². The number of aryl methyl sites for hydroxylation is 1. The van der Waals surface area contributed by atoms with E-state index in [1.54, 1.807) is 17.4 Å². The minimum atomic E-state index is -0.294.